The van der Waals surface area contributed by atoms with Crippen LogP contribution in [0, 0.1) is 29.0 Å². The maximum Gasteiger partial charge on any atom is 0.416 e. The normalized spacial score (nSPS) is 34.1. The molecule has 9 heteroatoms. The van der Waals surface area contributed by atoms with Crippen molar-refractivity contribution in [2.75, 3.05) is 38.3 Å². The molecular weight excluding hydrogens is 488 g/mol. The minimum atomic E-state index is -4.60. The smallest absolute Gasteiger partial charge is 0.379 e. The number of ether oxygens (including phenoxy) is 2. The molecule has 6 atom stereocenters. The Balaban J connectivity index is 1.27. The summed E-state index contributed by atoms with van der Waals surface area (Å²) in [6, 6.07) is 2.58. The van der Waals surface area contributed by atoms with Gasteiger partial charge in [-0.2, -0.15) is 13.2 Å². The van der Waals surface area contributed by atoms with Gasteiger partial charge in [0.05, 0.1) is 29.7 Å². The zero-order chi connectivity index (χ0) is 26.5. The summed E-state index contributed by atoms with van der Waals surface area (Å²) in [5.74, 6) is 0.423. The van der Waals surface area contributed by atoms with E-state index in [-0.39, 0.29) is 35.7 Å². The van der Waals surface area contributed by atoms with Crippen LogP contribution < -0.4 is 4.90 Å². The number of alkyl halides is 3. The lowest BCUT2D eigenvalue weighted by atomic mass is 9.73. The van der Waals surface area contributed by atoms with Gasteiger partial charge in [0.25, 0.3) is 0 Å². The van der Waals surface area contributed by atoms with Gasteiger partial charge in [-0.3, -0.25) is 4.79 Å². The summed E-state index contributed by atoms with van der Waals surface area (Å²) < 4.78 is 65.1. The second-order valence-electron chi connectivity index (χ2n) is 11.9. The Hall–Kier alpha value is -1.87. The number of hydrogen-bond acceptors (Lipinski definition) is 4. The highest BCUT2D eigenvalue weighted by molar-refractivity contribution is 5.84. The minimum absolute atomic E-state index is 0.0573. The number of amides is 1. The molecule has 5 rings (SSSR count). The zero-order valence-electron chi connectivity index (χ0n) is 21.9. The summed E-state index contributed by atoms with van der Waals surface area (Å²) >= 11 is 0. The molecule has 1 amide bonds. The lowest BCUT2D eigenvalue weighted by molar-refractivity contribution is -0.146. The fourth-order valence-corrected chi connectivity index (χ4v) is 7.48. The average molecular weight is 527 g/mol. The van der Waals surface area contributed by atoms with Gasteiger partial charge in [0, 0.05) is 38.5 Å². The Morgan fingerprint density at radius 3 is 2.62 bits per heavy atom. The Morgan fingerprint density at radius 2 is 1.97 bits per heavy atom. The number of benzene rings is 1. The molecule has 1 aromatic carbocycles. The summed E-state index contributed by atoms with van der Waals surface area (Å²) in [5.41, 5.74) is -1.14. The zero-order valence-corrected chi connectivity index (χ0v) is 21.9. The second-order valence-corrected chi connectivity index (χ2v) is 11.9. The number of carbonyl (C=O) groups is 1. The highest BCUT2D eigenvalue weighted by atomic mass is 19.4. The van der Waals surface area contributed by atoms with Gasteiger partial charge >= 0.3 is 6.18 Å². The number of likely N-dealkylation sites (tertiary alicyclic amines) is 1. The molecule has 4 fully saturated rings. The molecular formula is C28H38F4N2O3. The van der Waals surface area contributed by atoms with Crippen LogP contribution in [0.4, 0.5) is 23.2 Å². The molecule has 3 aliphatic heterocycles. The number of piperazine rings is 1. The van der Waals surface area contributed by atoms with Crippen LogP contribution in [0.5, 0.6) is 0 Å². The summed E-state index contributed by atoms with van der Waals surface area (Å²) in [7, 11) is 1.74. The topological polar surface area (TPSA) is 42.0 Å². The Bertz CT molecular complexity index is 1000. The van der Waals surface area contributed by atoms with Gasteiger partial charge in [-0.25, -0.2) is 4.39 Å². The first-order valence-corrected chi connectivity index (χ1v) is 13.6. The predicted octanol–water partition coefficient (Wildman–Crippen LogP) is 5.52. The number of fused-ring (bicyclic) bond motifs is 2. The SMILES string of the molecule is CO[C@@H]1COCC[C@@H]1C[C@@H]1CC[C@@](C(=O)N2C[C@H]3C[C@@H]2CN3c2cc(F)cc(C(F)(F)F)c2)(C(C)C)C1. The fraction of sp³-hybridized carbons (Fsp3) is 0.750. The first kappa shape index (κ1) is 26.7. The van der Waals surface area contributed by atoms with Gasteiger partial charge in [0.2, 0.25) is 5.91 Å². The Morgan fingerprint density at radius 1 is 1.19 bits per heavy atom. The van der Waals surface area contributed by atoms with Crippen LogP contribution in [-0.2, 0) is 20.4 Å². The van der Waals surface area contributed by atoms with Crippen molar-refractivity contribution in [3.8, 4) is 0 Å². The monoisotopic (exact) mass is 526 g/mol. The van der Waals surface area contributed by atoms with E-state index in [1.165, 1.54) is 6.07 Å². The molecule has 1 aliphatic carbocycles. The third kappa shape index (κ3) is 4.98. The number of halogens is 4. The number of anilines is 1. The number of rotatable bonds is 6. The molecule has 0 unspecified atom stereocenters. The molecule has 3 heterocycles. The third-order valence-corrected chi connectivity index (χ3v) is 9.61. The fourth-order valence-electron chi connectivity index (χ4n) is 7.48. The van der Waals surface area contributed by atoms with E-state index in [1.54, 1.807) is 7.11 Å². The molecule has 206 valence electrons. The molecule has 2 bridgehead atoms. The van der Waals surface area contributed by atoms with E-state index in [2.05, 4.69) is 13.8 Å². The van der Waals surface area contributed by atoms with Crippen LogP contribution in [0.2, 0.25) is 0 Å². The number of nitrogens with zero attached hydrogens (tertiary/aromatic N) is 2. The van der Waals surface area contributed by atoms with Crippen molar-refractivity contribution < 1.29 is 31.8 Å². The molecule has 37 heavy (non-hydrogen) atoms. The standard InChI is InChI=1S/C28H38F4N2O3/c1-17(2)27(6-4-18(13-27)8-19-5-7-37-16-25(19)36-3)26(35)34-15-23-12-24(34)14-33(23)22-10-20(28(30,31)32)9-21(29)11-22/h9-11,17-19,23-25H,4-8,12-16H2,1-3H3/t18-,19+,23+,24+,25+,27-/m0/s1. The second kappa shape index (κ2) is 10.0. The van der Waals surface area contributed by atoms with Crippen molar-refractivity contribution in [3.05, 3.63) is 29.6 Å². The molecule has 0 aromatic heterocycles. The van der Waals surface area contributed by atoms with Gasteiger partial charge in [-0.05, 0) is 74.5 Å². The number of hydrogen-bond donors (Lipinski definition) is 0. The summed E-state index contributed by atoms with van der Waals surface area (Å²) in [6.07, 6.45) is 1.00. The van der Waals surface area contributed by atoms with Crippen LogP contribution in [-0.4, -0.2) is 62.4 Å². The molecule has 1 aromatic rings. The van der Waals surface area contributed by atoms with Crippen molar-refractivity contribution in [1.82, 2.24) is 4.90 Å². The number of methoxy groups -OCH3 is 1. The Labute approximate surface area is 216 Å². The van der Waals surface area contributed by atoms with Crippen LogP contribution in [0.15, 0.2) is 18.2 Å². The van der Waals surface area contributed by atoms with E-state index in [9.17, 15) is 22.4 Å². The number of carbonyl (C=O) groups excluding carboxylic acids is 1. The van der Waals surface area contributed by atoms with Crippen molar-refractivity contribution in [3.63, 3.8) is 0 Å². The average Bonchev–Trinajstić information content (AvgIpc) is 3.58. The third-order valence-electron chi connectivity index (χ3n) is 9.61. The van der Waals surface area contributed by atoms with Gasteiger partial charge in [0.15, 0.2) is 0 Å². The molecule has 0 spiro atoms. The van der Waals surface area contributed by atoms with Crippen LogP contribution in [0.3, 0.4) is 0 Å². The molecule has 1 saturated carbocycles. The molecule has 4 aliphatic rings. The summed E-state index contributed by atoms with van der Waals surface area (Å²) in [5, 5.41) is 0. The Kier molecular flexibility index (Phi) is 7.24. The van der Waals surface area contributed by atoms with Gasteiger partial charge in [-0.1, -0.05) is 13.8 Å². The first-order valence-electron chi connectivity index (χ1n) is 13.6. The lowest BCUT2D eigenvalue weighted by Gasteiger charge is -2.42. The summed E-state index contributed by atoms with van der Waals surface area (Å²) in [6.45, 7) is 6.58. The van der Waals surface area contributed by atoms with Crippen LogP contribution in [0.25, 0.3) is 0 Å². The predicted molar refractivity (Wildman–Crippen MR) is 132 cm³/mol. The maximum absolute atomic E-state index is 14.1. The van der Waals surface area contributed by atoms with Gasteiger partial charge < -0.3 is 19.3 Å². The van der Waals surface area contributed by atoms with E-state index in [0.29, 0.717) is 44.0 Å². The molecule has 0 N–H and O–H groups in total. The van der Waals surface area contributed by atoms with E-state index in [4.69, 9.17) is 9.47 Å². The summed E-state index contributed by atoms with van der Waals surface area (Å²) in [4.78, 5) is 17.9. The van der Waals surface area contributed by atoms with Crippen LogP contribution in [0.1, 0.15) is 57.9 Å². The maximum atomic E-state index is 14.1. The highest BCUT2D eigenvalue weighted by Crippen LogP contribution is 2.52. The first-order chi connectivity index (χ1) is 17.5. The molecule has 5 nitrogen and oxygen atoms in total. The van der Waals surface area contributed by atoms with E-state index < -0.39 is 23.0 Å². The van der Waals surface area contributed by atoms with Crippen molar-refractivity contribution in [2.45, 2.75) is 76.7 Å². The van der Waals surface area contributed by atoms with Gasteiger partial charge in [-0.15, -0.1) is 0 Å². The van der Waals surface area contributed by atoms with E-state index >= 15 is 0 Å². The quantitative estimate of drug-likeness (QED) is 0.458. The molecule has 0 radical (unpaired) electrons. The van der Waals surface area contributed by atoms with Crippen molar-refractivity contribution in [2.24, 2.45) is 23.2 Å². The van der Waals surface area contributed by atoms with E-state index in [0.717, 1.165) is 44.8 Å². The largest absolute Gasteiger partial charge is 0.416 e. The van der Waals surface area contributed by atoms with E-state index in [1.807, 2.05) is 9.80 Å². The van der Waals surface area contributed by atoms with Crippen molar-refractivity contribution in [1.29, 1.82) is 0 Å². The van der Waals surface area contributed by atoms with Crippen molar-refractivity contribution >= 4 is 11.6 Å². The van der Waals surface area contributed by atoms with Gasteiger partial charge in [0.1, 0.15) is 5.82 Å². The minimum Gasteiger partial charge on any atom is -0.379 e. The lowest BCUT2D eigenvalue weighted by Crippen LogP contribution is -2.54. The van der Waals surface area contributed by atoms with Crippen LogP contribution >= 0.6 is 0 Å². The molecule has 3 saturated heterocycles. The highest BCUT2D eigenvalue weighted by Gasteiger charge is 2.54.